The summed E-state index contributed by atoms with van der Waals surface area (Å²) in [6.07, 6.45) is 1.45. The van der Waals surface area contributed by atoms with Crippen molar-refractivity contribution in [2.75, 3.05) is 7.11 Å². The molecule has 0 radical (unpaired) electrons. The maximum absolute atomic E-state index is 12.0. The van der Waals surface area contributed by atoms with Gasteiger partial charge in [-0.1, -0.05) is 29.3 Å². The Morgan fingerprint density at radius 2 is 2.05 bits per heavy atom. The van der Waals surface area contributed by atoms with Gasteiger partial charge in [-0.2, -0.15) is 5.10 Å². The Hall–Kier alpha value is -1.56. The topological polar surface area (TPSA) is 50.7 Å². The molecule has 1 N–H and O–H groups in total. The average molecular weight is 402 g/mol. The van der Waals surface area contributed by atoms with E-state index in [9.17, 15) is 4.79 Å². The number of nitrogens with one attached hydrogen (secondary N) is 1. The summed E-state index contributed by atoms with van der Waals surface area (Å²) in [5.74, 6) is 0.303. The summed E-state index contributed by atoms with van der Waals surface area (Å²) in [4.78, 5) is 12.0. The molecule has 2 rings (SSSR count). The Kier molecular flexibility index (Phi) is 5.83. The molecule has 0 fully saturated rings. The molecule has 0 aromatic heterocycles. The Morgan fingerprint density at radius 3 is 2.68 bits per heavy atom. The number of hydrazone groups is 1. The lowest BCUT2D eigenvalue weighted by atomic mass is 10.2. The van der Waals surface area contributed by atoms with E-state index in [1.807, 2.05) is 0 Å². The summed E-state index contributed by atoms with van der Waals surface area (Å²) in [6, 6.07) is 10.00. The highest BCUT2D eigenvalue weighted by atomic mass is 79.9. The molecule has 0 saturated carbocycles. The molecule has 0 aliphatic rings. The molecule has 0 aliphatic carbocycles. The molecule has 2 aromatic carbocycles. The molecule has 1 amide bonds. The van der Waals surface area contributed by atoms with Gasteiger partial charge in [0.1, 0.15) is 5.75 Å². The molecule has 22 heavy (non-hydrogen) atoms. The number of ether oxygens (including phenoxy) is 1. The number of carbonyl (C=O) groups is 1. The number of methoxy groups -OCH3 is 1. The van der Waals surface area contributed by atoms with Crippen LogP contribution in [-0.4, -0.2) is 19.2 Å². The molecular formula is C15H11BrCl2N2O2. The van der Waals surface area contributed by atoms with Crippen molar-refractivity contribution >= 4 is 51.3 Å². The quantitative estimate of drug-likeness (QED) is 0.604. The van der Waals surface area contributed by atoms with Gasteiger partial charge in [-0.3, -0.25) is 4.79 Å². The van der Waals surface area contributed by atoms with E-state index in [0.717, 1.165) is 0 Å². The van der Waals surface area contributed by atoms with E-state index >= 15 is 0 Å². The van der Waals surface area contributed by atoms with Gasteiger partial charge in [-0.15, -0.1) is 0 Å². The molecule has 114 valence electrons. The predicted molar refractivity (Wildman–Crippen MR) is 92.2 cm³/mol. The largest absolute Gasteiger partial charge is 0.496 e. The molecule has 0 bridgehead atoms. The number of hydrogen-bond acceptors (Lipinski definition) is 3. The zero-order valence-electron chi connectivity index (χ0n) is 11.4. The first-order valence-corrected chi connectivity index (χ1v) is 7.68. The van der Waals surface area contributed by atoms with Crippen molar-refractivity contribution in [3.63, 3.8) is 0 Å². The molecule has 0 heterocycles. The second-order valence-electron chi connectivity index (χ2n) is 4.21. The highest BCUT2D eigenvalue weighted by Gasteiger charge is 2.08. The van der Waals surface area contributed by atoms with Gasteiger partial charge in [0.2, 0.25) is 0 Å². The van der Waals surface area contributed by atoms with E-state index in [-0.39, 0.29) is 5.91 Å². The van der Waals surface area contributed by atoms with Gasteiger partial charge in [0.15, 0.2) is 0 Å². The Morgan fingerprint density at radius 1 is 1.27 bits per heavy atom. The first-order valence-electron chi connectivity index (χ1n) is 6.13. The van der Waals surface area contributed by atoms with E-state index in [4.69, 9.17) is 27.9 Å². The van der Waals surface area contributed by atoms with Crippen LogP contribution < -0.4 is 10.2 Å². The van der Waals surface area contributed by atoms with Gasteiger partial charge in [-0.25, -0.2) is 5.43 Å². The van der Waals surface area contributed by atoms with Crippen LogP contribution in [0.1, 0.15) is 15.9 Å². The van der Waals surface area contributed by atoms with Crippen molar-refractivity contribution in [3.05, 3.63) is 62.0 Å². The van der Waals surface area contributed by atoms with Crippen LogP contribution in [0.15, 0.2) is 46.0 Å². The van der Waals surface area contributed by atoms with Crippen molar-refractivity contribution in [1.29, 1.82) is 0 Å². The van der Waals surface area contributed by atoms with E-state index in [0.29, 0.717) is 31.4 Å². The third-order valence-electron chi connectivity index (χ3n) is 2.75. The maximum Gasteiger partial charge on any atom is 0.271 e. The monoisotopic (exact) mass is 400 g/mol. The normalized spacial score (nSPS) is 10.7. The SMILES string of the molecule is COc1ccc(C(=O)N/N=C/c2ccc(Cl)cc2Cl)cc1Br. The summed E-state index contributed by atoms with van der Waals surface area (Å²) in [5.41, 5.74) is 3.54. The second-order valence-corrected chi connectivity index (χ2v) is 5.91. The smallest absolute Gasteiger partial charge is 0.271 e. The van der Waals surface area contributed by atoms with E-state index < -0.39 is 0 Å². The lowest BCUT2D eigenvalue weighted by Crippen LogP contribution is -2.17. The van der Waals surface area contributed by atoms with Crippen molar-refractivity contribution in [3.8, 4) is 5.75 Å². The number of carbonyl (C=O) groups excluding carboxylic acids is 1. The van der Waals surface area contributed by atoms with Gasteiger partial charge >= 0.3 is 0 Å². The van der Waals surface area contributed by atoms with E-state index in [1.54, 1.807) is 43.5 Å². The predicted octanol–water partition coefficient (Wildman–Crippen LogP) is 4.53. The number of benzene rings is 2. The van der Waals surface area contributed by atoms with Gasteiger partial charge in [0.25, 0.3) is 5.91 Å². The fraction of sp³-hybridized carbons (Fsp3) is 0.0667. The zero-order valence-corrected chi connectivity index (χ0v) is 14.5. The average Bonchev–Trinajstić information content (AvgIpc) is 2.49. The molecule has 4 nitrogen and oxygen atoms in total. The number of rotatable bonds is 4. The second kappa shape index (κ2) is 7.63. The van der Waals surface area contributed by atoms with Crippen LogP contribution in [0.2, 0.25) is 10.0 Å². The molecule has 7 heteroatoms. The minimum Gasteiger partial charge on any atom is -0.496 e. The Bertz CT molecular complexity index is 735. The van der Waals surface area contributed by atoms with E-state index in [2.05, 4.69) is 26.5 Å². The summed E-state index contributed by atoms with van der Waals surface area (Å²) in [5, 5.41) is 4.87. The minimum atomic E-state index is -0.343. The lowest BCUT2D eigenvalue weighted by molar-refractivity contribution is 0.0955. The van der Waals surface area contributed by atoms with Gasteiger partial charge in [-0.05, 0) is 46.3 Å². The van der Waals surface area contributed by atoms with Crippen molar-refractivity contribution in [2.45, 2.75) is 0 Å². The van der Waals surface area contributed by atoms with Crippen LogP contribution in [0.25, 0.3) is 0 Å². The van der Waals surface area contributed by atoms with Gasteiger partial charge in [0.05, 0.1) is 22.8 Å². The van der Waals surface area contributed by atoms with Crippen LogP contribution in [0.4, 0.5) is 0 Å². The maximum atomic E-state index is 12.0. The number of amides is 1. The molecule has 0 atom stereocenters. The molecule has 0 spiro atoms. The van der Waals surface area contributed by atoms with Crippen LogP contribution in [0, 0.1) is 0 Å². The van der Waals surface area contributed by atoms with Gasteiger partial charge < -0.3 is 4.74 Å². The summed E-state index contributed by atoms with van der Waals surface area (Å²) < 4.78 is 5.80. The number of halogens is 3. The molecule has 0 unspecified atom stereocenters. The van der Waals surface area contributed by atoms with Crippen LogP contribution >= 0.6 is 39.1 Å². The fourth-order valence-corrected chi connectivity index (χ4v) is 2.64. The van der Waals surface area contributed by atoms with Crippen LogP contribution in [0.5, 0.6) is 5.75 Å². The standard InChI is InChI=1S/C15H11BrCl2N2O2/c1-22-14-5-3-9(6-12(14)16)15(21)20-19-8-10-2-4-11(17)7-13(10)18/h2-8H,1H3,(H,20,21)/b19-8+. The van der Waals surface area contributed by atoms with Crippen LogP contribution in [0.3, 0.4) is 0 Å². The Labute approximate surface area is 146 Å². The van der Waals surface area contributed by atoms with Crippen molar-refractivity contribution < 1.29 is 9.53 Å². The van der Waals surface area contributed by atoms with Crippen LogP contribution in [-0.2, 0) is 0 Å². The fourth-order valence-electron chi connectivity index (χ4n) is 1.64. The first kappa shape index (κ1) is 16.8. The third kappa shape index (κ3) is 4.22. The highest BCUT2D eigenvalue weighted by molar-refractivity contribution is 9.10. The van der Waals surface area contributed by atoms with Crippen molar-refractivity contribution in [1.82, 2.24) is 5.43 Å². The summed E-state index contributed by atoms with van der Waals surface area (Å²) in [7, 11) is 1.56. The van der Waals surface area contributed by atoms with Gasteiger partial charge in [0, 0.05) is 16.1 Å². The Balaban J connectivity index is 2.06. The molecular weight excluding hydrogens is 391 g/mol. The van der Waals surface area contributed by atoms with E-state index in [1.165, 1.54) is 6.21 Å². The lowest BCUT2D eigenvalue weighted by Gasteiger charge is -2.05. The minimum absolute atomic E-state index is 0.343. The molecule has 0 aliphatic heterocycles. The number of nitrogens with zero attached hydrogens (tertiary/aromatic N) is 1. The molecule has 2 aromatic rings. The summed E-state index contributed by atoms with van der Waals surface area (Å²) in [6.45, 7) is 0. The summed E-state index contributed by atoms with van der Waals surface area (Å²) >= 11 is 15.1. The zero-order chi connectivity index (χ0) is 16.1. The number of hydrogen-bond donors (Lipinski definition) is 1. The molecule has 0 saturated heterocycles. The third-order valence-corrected chi connectivity index (χ3v) is 3.93. The highest BCUT2D eigenvalue weighted by Crippen LogP contribution is 2.25. The first-order chi connectivity index (χ1) is 10.5. The van der Waals surface area contributed by atoms with Crippen molar-refractivity contribution in [2.24, 2.45) is 5.10 Å².